The van der Waals surface area contributed by atoms with Crippen molar-refractivity contribution in [2.75, 3.05) is 7.05 Å². The van der Waals surface area contributed by atoms with Gasteiger partial charge in [0.15, 0.2) is 6.10 Å². The van der Waals surface area contributed by atoms with Gasteiger partial charge in [-0.1, -0.05) is 18.2 Å². The van der Waals surface area contributed by atoms with Crippen molar-refractivity contribution in [3.05, 3.63) is 66.0 Å². The van der Waals surface area contributed by atoms with Gasteiger partial charge in [-0.2, -0.15) is 0 Å². The van der Waals surface area contributed by atoms with E-state index in [4.69, 9.17) is 4.74 Å². The fourth-order valence-corrected chi connectivity index (χ4v) is 2.67. The summed E-state index contributed by atoms with van der Waals surface area (Å²) in [5.41, 5.74) is 1.83. The number of halogens is 1. The van der Waals surface area contributed by atoms with Gasteiger partial charge in [-0.3, -0.25) is 10.1 Å². The summed E-state index contributed by atoms with van der Waals surface area (Å²) >= 11 is 0. The molecule has 0 spiro atoms. The quantitative estimate of drug-likeness (QED) is 0.662. The predicted octanol–water partition coefficient (Wildman–Crippen LogP) is 3.04. The van der Waals surface area contributed by atoms with Gasteiger partial charge in [-0.05, 0) is 43.3 Å². The van der Waals surface area contributed by atoms with Crippen LogP contribution in [0.2, 0.25) is 0 Å². The van der Waals surface area contributed by atoms with Gasteiger partial charge in [0.05, 0.1) is 16.8 Å². The minimum atomic E-state index is -1.19. The molecule has 8 heteroatoms. The molecule has 7 nitrogen and oxygen atoms in total. The number of esters is 1. The van der Waals surface area contributed by atoms with Crippen molar-refractivity contribution in [3.63, 3.8) is 0 Å². The summed E-state index contributed by atoms with van der Waals surface area (Å²) in [5, 5.41) is 4.84. The van der Waals surface area contributed by atoms with Crippen molar-refractivity contribution in [3.8, 4) is 11.3 Å². The van der Waals surface area contributed by atoms with Gasteiger partial charge in [-0.25, -0.2) is 19.0 Å². The van der Waals surface area contributed by atoms with Gasteiger partial charge in [0, 0.05) is 18.0 Å². The summed E-state index contributed by atoms with van der Waals surface area (Å²) in [6, 6.07) is 13.5. The molecule has 0 aliphatic carbocycles. The zero-order valence-corrected chi connectivity index (χ0v) is 15.7. The highest BCUT2D eigenvalue weighted by molar-refractivity contribution is 6.06. The molecule has 3 amide bonds. The van der Waals surface area contributed by atoms with Crippen molar-refractivity contribution in [2.24, 2.45) is 0 Å². The van der Waals surface area contributed by atoms with Crippen LogP contribution < -0.4 is 10.6 Å². The smallest absolute Gasteiger partial charge is 0.339 e. The molecule has 148 valence electrons. The lowest BCUT2D eigenvalue weighted by Gasteiger charge is -2.14. The number of imide groups is 1. The SMILES string of the molecule is CNC(=O)NC(=O)C(C)OC(=O)c1cc(-c2ccc(F)cc2)nc2ccccc12. The monoisotopic (exact) mass is 395 g/mol. The molecule has 0 radical (unpaired) electrons. The number of hydrogen-bond donors (Lipinski definition) is 2. The summed E-state index contributed by atoms with van der Waals surface area (Å²) < 4.78 is 18.5. The molecule has 0 bridgehead atoms. The highest BCUT2D eigenvalue weighted by Gasteiger charge is 2.22. The number of aromatic nitrogens is 1. The Labute approximate surface area is 165 Å². The van der Waals surface area contributed by atoms with Gasteiger partial charge < -0.3 is 10.1 Å². The molecular formula is C21H18FN3O4. The maximum atomic E-state index is 13.2. The summed E-state index contributed by atoms with van der Waals surface area (Å²) in [6.45, 7) is 1.36. The zero-order valence-electron chi connectivity index (χ0n) is 15.7. The first-order valence-electron chi connectivity index (χ1n) is 8.78. The Morgan fingerprint density at radius 1 is 1.07 bits per heavy atom. The Hall–Kier alpha value is -3.81. The number of nitrogens with zero attached hydrogens (tertiary/aromatic N) is 1. The third kappa shape index (κ3) is 4.55. The highest BCUT2D eigenvalue weighted by atomic mass is 19.1. The maximum absolute atomic E-state index is 13.2. The van der Waals surface area contributed by atoms with Gasteiger partial charge in [0.25, 0.3) is 5.91 Å². The molecule has 0 aliphatic rings. The standard InChI is InChI=1S/C21H18FN3O4/c1-12(19(26)25-21(28)23-2)29-20(27)16-11-18(13-7-9-14(22)10-8-13)24-17-6-4-3-5-15(16)17/h3-12H,1-2H3,(H2,23,25,26,28). The maximum Gasteiger partial charge on any atom is 0.339 e. The average Bonchev–Trinajstić information content (AvgIpc) is 2.73. The molecule has 2 aromatic carbocycles. The molecule has 2 N–H and O–H groups in total. The first-order valence-corrected chi connectivity index (χ1v) is 8.78. The van der Waals surface area contributed by atoms with E-state index in [9.17, 15) is 18.8 Å². The van der Waals surface area contributed by atoms with E-state index < -0.39 is 24.0 Å². The van der Waals surface area contributed by atoms with Crippen LogP contribution in [0.3, 0.4) is 0 Å². The van der Waals surface area contributed by atoms with Crippen LogP contribution in [0.25, 0.3) is 22.2 Å². The van der Waals surface area contributed by atoms with Gasteiger partial charge in [0.2, 0.25) is 0 Å². The predicted molar refractivity (Wildman–Crippen MR) is 105 cm³/mol. The summed E-state index contributed by atoms with van der Waals surface area (Å²) in [4.78, 5) is 40.5. The van der Waals surface area contributed by atoms with Crippen LogP contribution >= 0.6 is 0 Å². The third-order valence-electron chi connectivity index (χ3n) is 4.19. The van der Waals surface area contributed by atoms with E-state index >= 15 is 0 Å². The summed E-state index contributed by atoms with van der Waals surface area (Å²) in [7, 11) is 1.36. The number of carbonyl (C=O) groups excluding carboxylic acids is 3. The molecule has 1 unspecified atom stereocenters. The van der Waals surface area contributed by atoms with Crippen LogP contribution in [-0.2, 0) is 9.53 Å². The van der Waals surface area contributed by atoms with E-state index in [0.29, 0.717) is 22.2 Å². The van der Waals surface area contributed by atoms with Crippen molar-refractivity contribution >= 4 is 28.8 Å². The zero-order chi connectivity index (χ0) is 21.0. The Bertz CT molecular complexity index is 1080. The second-order valence-corrected chi connectivity index (χ2v) is 6.20. The Morgan fingerprint density at radius 3 is 2.45 bits per heavy atom. The number of hydrogen-bond acceptors (Lipinski definition) is 5. The number of nitrogens with one attached hydrogen (secondary N) is 2. The minimum absolute atomic E-state index is 0.203. The van der Waals surface area contributed by atoms with E-state index in [1.807, 2.05) is 0 Å². The molecule has 29 heavy (non-hydrogen) atoms. The van der Waals surface area contributed by atoms with E-state index in [1.165, 1.54) is 32.2 Å². The number of rotatable bonds is 4. The molecule has 0 aliphatic heterocycles. The van der Waals surface area contributed by atoms with Crippen LogP contribution in [0.4, 0.5) is 9.18 Å². The lowest BCUT2D eigenvalue weighted by molar-refractivity contribution is -0.127. The minimum Gasteiger partial charge on any atom is -0.449 e. The fourth-order valence-electron chi connectivity index (χ4n) is 2.67. The number of ether oxygens (including phenoxy) is 1. The van der Waals surface area contributed by atoms with Gasteiger partial charge in [-0.15, -0.1) is 0 Å². The van der Waals surface area contributed by atoms with E-state index in [2.05, 4.69) is 15.6 Å². The Balaban J connectivity index is 1.95. The molecule has 1 heterocycles. The van der Waals surface area contributed by atoms with Gasteiger partial charge >= 0.3 is 12.0 Å². The first-order chi connectivity index (χ1) is 13.9. The lowest BCUT2D eigenvalue weighted by atomic mass is 10.0. The van der Waals surface area contributed by atoms with Crippen molar-refractivity contribution in [1.82, 2.24) is 15.6 Å². The van der Waals surface area contributed by atoms with Crippen LogP contribution in [0, 0.1) is 5.82 Å². The number of fused-ring (bicyclic) bond motifs is 1. The fraction of sp³-hybridized carbons (Fsp3) is 0.143. The Morgan fingerprint density at radius 2 is 1.76 bits per heavy atom. The molecule has 0 saturated heterocycles. The molecule has 0 saturated carbocycles. The van der Waals surface area contributed by atoms with Crippen LogP contribution in [0.15, 0.2) is 54.6 Å². The molecule has 3 aromatic rings. The van der Waals surface area contributed by atoms with Crippen molar-refractivity contribution < 1.29 is 23.5 Å². The number of para-hydroxylation sites is 1. The second kappa shape index (κ2) is 8.47. The van der Waals surface area contributed by atoms with Crippen LogP contribution in [0.5, 0.6) is 0 Å². The molecular weight excluding hydrogens is 377 g/mol. The van der Waals surface area contributed by atoms with E-state index in [1.54, 1.807) is 36.4 Å². The Kier molecular flexibility index (Phi) is 5.82. The van der Waals surface area contributed by atoms with Crippen LogP contribution in [-0.4, -0.2) is 36.0 Å². The van der Waals surface area contributed by atoms with Gasteiger partial charge in [0.1, 0.15) is 5.82 Å². The number of urea groups is 1. The van der Waals surface area contributed by atoms with E-state index in [0.717, 1.165) is 0 Å². The highest BCUT2D eigenvalue weighted by Crippen LogP contribution is 2.26. The molecule has 0 fully saturated rings. The van der Waals surface area contributed by atoms with Crippen molar-refractivity contribution in [2.45, 2.75) is 13.0 Å². The number of carbonyl (C=O) groups is 3. The number of amides is 3. The van der Waals surface area contributed by atoms with Crippen LogP contribution in [0.1, 0.15) is 17.3 Å². The van der Waals surface area contributed by atoms with Crippen molar-refractivity contribution in [1.29, 1.82) is 0 Å². The topological polar surface area (TPSA) is 97.4 Å². The summed E-state index contributed by atoms with van der Waals surface area (Å²) in [5.74, 6) is -1.88. The molecule has 1 atom stereocenters. The number of benzene rings is 2. The first kappa shape index (κ1) is 19.9. The van der Waals surface area contributed by atoms with E-state index in [-0.39, 0.29) is 11.4 Å². The molecule has 1 aromatic heterocycles. The summed E-state index contributed by atoms with van der Waals surface area (Å²) in [6.07, 6.45) is -1.19. The second-order valence-electron chi connectivity index (χ2n) is 6.20. The third-order valence-corrected chi connectivity index (χ3v) is 4.19. The number of pyridine rings is 1. The normalized spacial score (nSPS) is 11.6. The lowest BCUT2D eigenvalue weighted by Crippen LogP contribution is -2.43. The average molecular weight is 395 g/mol. The molecule has 3 rings (SSSR count). The largest absolute Gasteiger partial charge is 0.449 e.